The lowest BCUT2D eigenvalue weighted by Gasteiger charge is -2.28. The Kier molecular flexibility index (Phi) is 4.85. The molecule has 0 aromatic heterocycles. The Hall–Kier alpha value is -2.46. The van der Waals surface area contributed by atoms with Crippen molar-refractivity contribution in [1.82, 2.24) is 9.80 Å². The number of benzene rings is 2. The van der Waals surface area contributed by atoms with E-state index in [0.29, 0.717) is 17.7 Å². The minimum absolute atomic E-state index is 0.141. The first-order chi connectivity index (χ1) is 12.7. The molecule has 4 rings (SSSR count). The molecule has 2 aromatic carbocycles. The Labute approximate surface area is 154 Å². The second kappa shape index (κ2) is 7.42. The predicted molar refractivity (Wildman–Crippen MR) is 101 cm³/mol. The molecule has 2 heterocycles. The van der Waals surface area contributed by atoms with Gasteiger partial charge >= 0.3 is 0 Å². The largest absolute Gasteiger partial charge is 0.299 e. The second-order valence-corrected chi connectivity index (χ2v) is 7.16. The Bertz CT molecular complexity index is 795. The van der Waals surface area contributed by atoms with Gasteiger partial charge in [-0.2, -0.15) is 0 Å². The molecule has 0 radical (unpaired) electrons. The van der Waals surface area contributed by atoms with Gasteiger partial charge in [0.1, 0.15) is 0 Å². The van der Waals surface area contributed by atoms with Crippen LogP contribution < -0.4 is 0 Å². The van der Waals surface area contributed by atoms with E-state index in [-0.39, 0.29) is 11.8 Å². The molecule has 0 unspecified atom stereocenters. The van der Waals surface area contributed by atoms with E-state index in [1.54, 1.807) is 12.1 Å². The standard InChI is InChI=1S/C22H24N2O2/c25-21-19-10-4-5-11-20(19)22(26)24(21)14-7-1-6-13-23-15-12-17-8-2-3-9-18(17)16-23/h2-5,8-11H,1,6-7,12-16H2. The van der Waals surface area contributed by atoms with E-state index in [4.69, 9.17) is 0 Å². The van der Waals surface area contributed by atoms with Gasteiger partial charge in [-0.25, -0.2) is 0 Å². The van der Waals surface area contributed by atoms with Gasteiger partial charge in [-0.05, 0) is 49.1 Å². The number of hydrogen-bond donors (Lipinski definition) is 0. The van der Waals surface area contributed by atoms with Crippen molar-refractivity contribution < 1.29 is 9.59 Å². The molecular weight excluding hydrogens is 324 g/mol. The molecule has 0 atom stereocenters. The molecule has 26 heavy (non-hydrogen) atoms. The molecule has 0 saturated heterocycles. The van der Waals surface area contributed by atoms with Crippen LogP contribution in [0, 0.1) is 0 Å². The fourth-order valence-electron chi connectivity index (χ4n) is 3.97. The highest BCUT2D eigenvalue weighted by Gasteiger charge is 2.34. The molecule has 0 N–H and O–H groups in total. The number of unbranched alkanes of at least 4 members (excludes halogenated alkanes) is 2. The van der Waals surface area contributed by atoms with E-state index >= 15 is 0 Å². The molecule has 134 valence electrons. The van der Waals surface area contributed by atoms with Gasteiger partial charge in [0.25, 0.3) is 11.8 Å². The minimum Gasteiger partial charge on any atom is -0.299 e. The van der Waals surface area contributed by atoms with Crippen molar-refractivity contribution in [2.45, 2.75) is 32.2 Å². The summed E-state index contributed by atoms with van der Waals surface area (Å²) in [4.78, 5) is 28.6. The number of amides is 2. The van der Waals surface area contributed by atoms with E-state index in [1.807, 2.05) is 12.1 Å². The average molecular weight is 348 g/mol. The van der Waals surface area contributed by atoms with Crippen molar-refractivity contribution in [3.05, 3.63) is 70.8 Å². The van der Waals surface area contributed by atoms with Crippen LogP contribution in [-0.4, -0.2) is 41.2 Å². The first-order valence-electron chi connectivity index (χ1n) is 9.48. The quantitative estimate of drug-likeness (QED) is 0.592. The van der Waals surface area contributed by atoms with Gasteiger partial charge in [0.15, 0.2) is 0 Å². The maximum absolute atomic E-state index is 12.3. The number of imide groups is 1. The molecule has 2 amide bonds. The third kappa shape index (κ3) is 3.29. The molecule has 0 aliphatic carbocycles. The highest BCUT2D eigenvalue weighted by Crippen LogP contribution is 2.23. The summed E-state index contributed by atoms with van der Waals surface area (Å²) in [6.07, 6.45) is 4.14. The smallest absolute Gasteiger partial charge is 0.261 e. The Morgan fingerprint density at radius 2 is 1.35 bits per heavy atom. The van der Waals surface area contributed by atoms with Crippen LogP contribution in [0.3, 0.4) is 0 Å². The highest BCUT2D eigenvalue weighted by atomic mass is 16.2. The first kappa shape index (κ1) is 17.0. The van der Waals surface area contributed by atoms with Crippen molar-refractivity contribution in [1.29, 1.82) is 0 Å². The number of nitrogens with zero attached hydrogens (tertiary/aromatic N) is 2. The number of carbonyl (C=O) groups is 2. The maximum Gasteiger partial charge on any atom is 0.261 e. The number of carbonyl (C=O) groups excluding carboxylic acids is 2. The molecule has 2 aromatic rings. The molecule has 0 spiro atoms. The zero-order valence-electron chi connectivity index (χ0n) is 15.0. The molecule has 0 saturated carbocycles. The summed E-state index contributed by atoms with van der Waals surface area (Å²) in [7, 11) is 0. The summed E-state index contributed by atoms with van der Waals surface area (Å²) in [5, 5.41) is 0. The van der Waals surface area contributed by atoms with Crippen LogP contribution in [0.1, 0.15) is 51.1 Å². The van der Waals surface area contributed by atoms with Crippen LogP contribution in [-0.2, 0) is 13.0 Å². The Balaban J connectivity index is 1.21. The molecule has 2 aliphatic rings. The van der Waals surface area contributed by atoms with Gasteiger partial charge in [-0.3, -0.25) is 19.4 Å². The molecular formula is C22H24N2O2. The number of fused-ring (bicyclic) bond motifs is 2. The zero-order chi connectivity index (χ0) is 17.9. The Morgan fingerprint density at radius 3 is 2.08 bits per heavy atom. The van der Waals surface area contributed by atoms with Crippen molar-refractivity contribution in [2.24, 2.45) is 0 Å². The fourth-order valence-corrected chi connectivity index (χ4v) is 3.97. The van der Waals surface area contributed by atoms with Crippen LogP contribution in [0.25, 0.3) is 0 Å². The van der Waals surface area contributed by atoms with Crippen LogP contribution in [0.4, 0.5) is 0 Å². The summed E-state index contributed by atoms with van der Waals surface area (Å²) >= 11 is 0. The van der Waals surface area contributed by atoms with Crippen LogP contribution in [0.5, 0.6) is 0 Å². The Morgan fingerprint density at radius 1 is 0.731 bits per heavy atom. The van der Waals surface area contributed by atoms with Crippen molar-refractivity contribution in [2.75, 3.05) is 19.6 Å². The van der Waals surface area contributed by atoms with Gasteiger partial charge in [0.2, 0.25) is 0 Å². The van der Waals surface area contributed by atoms with Crippen molar-refractivity contribution >= 4 is 11.8 Å². The SMILES string of the molecule is O=C1c2ccccc2C(=O)N1CCCCCN1CCc2ccccc2C1. The van der Waals surface area contributed by atoms with Crippen molar-refractivity contribution in [3.8, 4) is 0 Å². The van der Waals surface area contributed by atoms with Crippen LogP contribution in [0.15, 0.2) is 48.5 Å². The van der Waals surface area contributed by atoms with E-state index in [1.165, 1.54) is 16.0 Å². The van der Waals surface area contributed by atoms with Crippen LogP contribution in [0.2, 0.25) is 0 Å². The minimum atomic E-state index is -0.141. The van der Waals surface area contributed by atoms with Gasteiger partial charge in [-0.15, -0.1) is 0 Å². The van der Waals surface area contributed by atoms with Gasteiger partial charge in [0.05, 0.1) is 11.1 Å². The average Bonchev–Trinajstić information content (AvgIpc) is 2.92. The third-order valence-corrected chi connectivity index (χ3v) is 5.44. The highest BCUT2D eigenvalue weighted by molar-refractivity contribution is 6.21. The van der Waals surface area contributed by atoms with E-state index in [0.717, 1.165) is 45.3 Å². The normalized spacial score (nSPS) is 16.7. The molecule has 0 fully saturated rings. The maximum atomic E-state index is 12.3. The lowest BCUT2D eigenvalue weighted by atomic mass is 10.00. The van der Waals surface area contributed by atoms with Gasteiger partial charge in [0, 0.05) is 19.6 Å². The number of rotatable bonds is 6. The summed E-state index contributed by atoms with van der Waals surface area (Å²) < 4.78 is 0. The van der Waals surface area contributed by atoms with E-state index in [9.17, 15) is 9.59 Å². The topological polar surface area (TPSA) is 40.6 Å². The van der Waals surface area contributed by atoms with Gasteiger partial charge < -0.3 is 0 Å². The summed E-state index contributed by atoms with van der Waals surface area (Å²) in [6, 6.07) is 15.8. The fraction of sp³-hybridized carbons (Fsp3) is 0.364. The molecule has 4 nitrogen and oxygen atoms in total. The number of hydrogen-bond acceptors (Lipinski definition) is 3. The summed E-state index contributed by atoms with van der Waals surface area (Å²) in [5.41, 5.74) is 4.02. The van der Waals surface area contributed by atoms with E-state index in [2.05, 4.69) is 29.2 Å². The summed E-state index contributed by atoms with van der Waals surface area (Å²) in [5.74, 6) is -0.281. The van der Waals surface area contributed by atoms with Crippen molar-refractivity contribution in [3.63, 3.8) is 0 Å². The van der Waals surface area contributed by atoms with Crippen LogP contribution >= 0.6 is 0 Å². The predicted octanol–water partition coefficient (Wildman–Crippen LogP) is 3.51. The van der Waals surface area contributed by atoms with Gasteiger partial charge in [-0.1, -0.05) is 42.8 Å². The lowest BCUT2D eigenvalue weighted by Crippen LogP contribution is -2.32. The summed E-state index contributed by atoms with van der Waals surface area (Å²) in [6.45, 7) is 3.76. The third-order valence-electron chi connectivity index (χ3n) is 5.44. The first-order valence-corrected chi connectivity index (χ1v) is 9.48. The zero-order valence-corrected chi connectivity index (χ0v) is 15.0. The molecule has 2 aliphatic heterocycles. The lowest BCUT2D eigenvalue weighted by molar-refractivity contribution is 0.0651. The molecule has 0 bridgehead atoms. The monoisotopic (exact) mass is 348 g/mol. The second-order valence-electron chi connectivity index (χ2n) is 7.16. The van der Waals surface area contributed by atoms with E-state index < -0.39 is 0 Å². The molecule has 4 heteroatoms.